The summed E-state index contributed by atoms with van der Waals surface area (Å²) >= 11 is 1.38. The molecule has 0 unspecified atom stereocenters. The number of hydrogen-bond acceptors (Lipinski definition) is 4. The van der Waals surface area contributed by atoms with Gasteiger partial charge in [-0.1, -0.05) is 48.5 Å². The summed E-state index contributed by atoms with van der Waals surface area (Å²) in [5, 5.41) is 4.77. The van der Waals surface area contributed by atoms with Crippen LogP contribution in [0.4, 0.5) is 5.69 Å². The first-order valence-corrected chi connectivity index (χ1v) is 11.1. The lowest BCUT2D eigenvalue weighted by atomic mass is 10.1. The van der Waals surface area contributed by atoms with Gasteiger partial charge in [0.1, 0.15) is 0 Å². The van der Waals surface area contributed by atoms with Crippen molar-refractivity contribution < 1.29 is 9.59 Å². The molecule has 1 fully saturated rings. The normalized spacial score (nSPS) is 14.9. The predicted molar refractivity (Wildman–Crippen MR) is 121 cm³/mol. The number of hydrogen-bond donors (Lipinski definition) is 1. The molecule has 5 nitrogen and oxygen atoms in total. The summed E-state index contributed by atoms with van der Waals surface area (Å²) in [6.45, 7) is 4.10. The third kappa shape index (κ3) is 4.96. The van der Waals surface area contributed by atoms with Crippen LogP contribution >= 0.6 is 11.3 Å². The number of nitrogens with zero attached hydrogens (tertiary/aromatic N) is 2. The predicted octanol–water partition coefficient (Wildman–Crippen LogP) is 4.35. The van der Waals surface area contributed by atoms with E-state index in [0.29, 0.717) is 22.7 Å². The van der Waals surface area contributed by atoms with Crippen molar-refractivity contribution in [3.63, 3.8) is 0 Å². The van der Waals surface area contributed by atoms with E-state index >= 15 is 0 Å². The number of thiophene rings is 1. The van der Waals surface area contributed by atoms with E-state index in [9.17, 15) is 9.59 Å². The molecule has 2 aromatic carbocycles. The van der Waals surface area contributed by atoms with Crippen LogP contribution in [0.15, 0.2) is 72.1 Å². The molecule has 1 aliphatic rings. The fraction of sp³-hybridized carbons (Fsp3) is 0.250. The smallest absolute Gasteiger partial charge is 0.265 e. The van der Waals surface area contributed by atoms with Crippen LogP contribution < -0.4 is 5.32 Å². The van der Waals surface area contributed by atoms with E-state index in [2.05, 4.69) is 34.5 Å². The monoisotopic (exact) mass is 419 g/mol. The van der Waals surface area contributed by atoms with Gasteiger partial charge in [-0.15, -0.1) is 11.3 Å². The second-order valence-corrected chi connectivity index (χ2v) is 8.33. The molecule has 30 heavy (non-hydrogen) atoms. The van der Waals surface area contributed by atoms with Crippen LogP contribution in [-0.4, -0.2) is 47.8 Å². The van der Waals surface area contributed by atoms with Crippen molar-refractivity contribution in [2.45, 2.75) is 13.0 Å². The molecule has 1 aliphatic heterocycles. The fourth-order valence-electron chi connectivity index (χ4n) is 3.71. The molecule has 1 saturated heterocycles. The van der Waals surface area contributed by atoms with Gasteiger partial charge in [-0.25, -0.2) is 0 Å². The van der Waals surface area contributed by atoms with Gasteiger partial charge >= 0.3 is 0 Å². The van der Waals surface area contributed by atoms with Crippen LogP contribution in [0.2, 0.25) is 0 Å². The van der Waals surface area contributed by atoms with Crippen LogP contribution in [-0.2, 0) is 6.54 Å². The Balaban J connectivity index is 1.42. The van der Waals surface area contributed by atoms with E-state index in [1.807, 2.05) is 34.5 Å². The number of carbonyl (C=O) groups excluding carboxylic acids is 2. The summed E-state index contributed by atoms with van der Waals surface area (Å²) in [7, 11) is 0. The minimum atomic E-state index is -0.185. The highest BCUT2D eigenvalue weighted by molar-refractivity contribution is 7.12. The molecule has 0 saturated carbocycles. The number of nitrogens with one attached hydrogen (secondary N) is 1. The molecule has 2 heterocycles. The van der Waals surface area contributed by atoms with Crippen molar-refractivity contribution in [3.8, 4) is 0 Å². The van der Waals surface area contributed by atoms with Gasteiger partial charge in [0.25, 0.3) is 11.8 Å². The van der Waals surface area contributed by atoms with Gasteiger partial charge < -0.3 is 10.2 Å². The van der Waals surface area contributed by atoms with E-state index in [-0.39, 0.29) is 11.8 Å². The molecular formula is C24H25N3O2S. The summed E-state index contributed by atoms with van der Waals surface area (Å²) in [4.78, 5) is 30.7. The summed E-state index contributed by atoms with van der Waals surface area (Å²) in [5.74, 6) is -0.214. The van der Waals surface area contributed by atoms with E-state index in [1.165, 1.54) is 16.9 Å². The molecule has 1 aromatic heterocycles. The fourth-order valence-corrected chi connectivity index (χ4v) is 4.33. The van der Waals surface area contributed by atoms with Crippen molar-refractivity contribution in [1.82, 2.24) is 9.80 Å². The minimum Gasteiger partial charge on any atom is -0.337 e. The zero-order valence-corrected chi connectivity index (χ0v) is 17.6. The van der Waals surface area contributed by atoms with Gasteiger partial charge in [-0.05, 0) is 35.6 Å². The SMILES string of the molecule is O=C(Nc1ccccc1C(=O)N1CCCN(Cc2ccccc2)CC1)c1cccs1. The highest BCUT2D eigenvalue weighted by Gasteiger charge is 2.23. The molecule has 0 radical (unpaired) electrons. The van der Waals surface area contributed by atoms with E-state index in [4.69, 9.17) is 0 Å². The highest BCUT2D eigenvalue weighted by Crippen LogP contribution is 2.21. The van der Waals surface area contributed by atoms with Crippen molar-refractivity contribution in [1.29, 1.82) is 0 Å². The average molecular weight is 420 g/mol. The first-order chi connectivity index (χ1) is 14.7. The second-order valence-electron chi connectivity index (χ2n) is 7.38. The Morgan fingerprint density at radius 1 is 0.867 bits per heavy atom. The van der Waals surface area contributed by atoms with Gasteiger partial charge in [-0.2, -0.15) is 0 Å². The molecule has 0 bridgehead atoms. The lowest BCUT2D eigenvalue weighted by Crippen LogP contribution is -2.35. The molecule has 154 valence electrons. The molecular weight excluding hydrogens is 394 g/mol. The number of para-hydroxylation sites is 1. The van der Waals surface area contributed by atoms with Crippen LogP contribution in [0.25, 0.3) is 0 Å². The topological polar surface area (TPSA) is 52.7 Å². The summed E-state index contributed by atoms with van der Waals surface area (Å²) in [5.41, 5.74) is 2.39. The van der Waals surface area contributed by atoms with Crippen molar-refractivity contribution in [2.75, 3.05) is 31.5 Å². The van der Waals surface area contributed by atoms with Crippen LogP contribution in [0.5, 0.6) is 0 Å². The van der Waals surface area contributed by atoms with Gasteiger partial charge in [-0.3, -0.25) is 14.5 Å². The third-order valence-corrected chi connectivity index (χ3v) is 6.14. The van der Waals surface area contributed by atoms with Crippen LogP contribution in [0.3, 0.4) is 0 Å². The van der Waals surface area contributed by atoms with Crippen molar-refractivity contribution in [3.05, 3.63) is 88.1 Å². The Kier molecular flexibility index (Phi) is 6.57. The summed E-state index contributed by atoms with van der Waals surface area (Å²) < 4.78 is 0. The molecule has 3 aromatic rings. The zero-order valence-electron chi connectivity index (χ0n) is 16.8. The number of anilines is 1. The Morgan fingerprint density at radius 3 is 2.47 bits per heavy atom. The second kappa shape index (κ2) is 9.69. The Bertz CT molecular complexity index is 989. The maximum atomic E-state index is 13.3. The highest BCUT2D eigenvalue weighted by atomic mass is 32.1. The lowest BCUT2D eigenvalue weighted by molar-refractivity contribution is 0.0762. The number of amides is 2. The molecule has 1 N–H and O–H groups in total. The minimum absolute atomic E-state index is 0.0290. The Morgan fingerprint density at radius 2 is 1.67 bits per heavy atom. The molecule has 4 rings (SSSR count). The van der Waals surface area contributed by atoms with Crippen molar-refractivity contribution in [2.24, 2.45) is 0 Å². The van der Waals surface area contributed by atoms with Gasteiger partial charge in [0, 0.05) is 32.7 Å². The van der Waals surface area contributed by atoms with Gasteiger partial charge in [0.05, 0.1) is 16.1 Å². The Hall–Kier alpha value is -2.96. The molecule has 0 spiro atoms. The lowest BCUT2D eigenvalue weighted by Gasteiger charge is -2.23. The first kappa shape index (κ1) is 20.3. The molecule has 6 heteroatoms. The summed E-state index contributed by atoms with van der Waals surface area (Å²) in [6, 6.07) is 21.3. The van der Waals surface area contributed by atoms with E-state index < -0.39 is 0 Å². The van der Waals surface area contributed by atoms with Crippen molar-refractivity contribution >= 4 is 28.8 Å². The molecule has 0 atom stereocenters. The number of carbonyl (C=O) groups is 2. The third-order valence-electron chi connectivity index (χ3n) is 5.28. The Labute approximate surface area is 180 Å². The van der Waals surface area contributed by atoms with Gasteiger partial charge in [0.2, 0.25) is 0 Å². The zero-order chi connectivity index (χ0) is 20.8. The molecule has 2 amide bonds. The van der Waals surface area contributed by atoms with E-state index in [1.54, 1.807) is 18.2 Å². The van der Waals surface area contributed by atoms with E-state index in [0.717, 1.165) is 32.6 Å². The average Bonchev–Trinajstić information content (AvgIpc) is 3.22. The number of rotatable bonds is 5. The van der Waals surface area contributed by atoms with Crippen LogP contribution in [0.1, 0.15) is 32.0 Å². The van der Waals surface area contributed by atoms with Gasteiger partial charge in [0.15, 0.2) is 0 Å². The number of benzene rings is 2. The quantitative estimate of drug-likeness (QED) is 0.669. The maximum Gasteiger partial charge on any atom is 0.265 e. The standard InChI is InChI=1S/C24H25N3O2S/c28-23(22-12-6-17-30-22)25-21-11-5-4-10-20(21)24(29)27-14-7-13-26(15-16-27)18-19-8-2-1-3-9-19/h1-6,8-12,17H,7,13-16,18H2,(H,25,28). The summed E-state index contributed by atoms with van der Waals surface area (Å²) in [6.07, 6.45) is 0.933. The maximum absolute atomic E-state index is 13.3. The molecule has 0 aliphatic carbocycles. The largest absolute Gasteiger partial charge is 0.337 e. The first-order valence-electron chi connectivity index (χ1n) is 10.2. The van der Waals surface area contributed by atoms with Crippen LogP contribution in [0, 0.1) is 0 Å².